The van der Waals surface area contributed by atoms with Gasteiger partial charge in [-0.05, 0) is 0 Å². The SMILES string of the molecule is OCC1OCC(O)(O)C(O)[C@@H]1O. The fourth-order valence-electron chi connectivity index (χ4n) is 1.05. The molecule has 1 aliphatic heterocycles. The van der Waals surface area contributed by atoms with E-state index in [1.54, 1.807) is 0 Å². The van der Waals surface area contributed by atoms with Gasteiger partial charge in [0.25, 0.3) is 0 Å². The molecule has 5 N–H and O–H groups in total. The van der Waals surface area contributed by atoms with E-state index in [0.29, 0.717) is 0 Å². The van der Waals surface area contributed by atoms with Gasteiger partial charge in [-0.1, -0.05) is 0 Å². The Bertz CT molecular complexity index is 158. The first-order valence-corrected chi connectivity index (χ1v) is 3.52. The van der Waals surface area contributed by atoms with Crippen LogP contribution in [0.15, 0.2) is 0 Å². The van der Waals surface area contributed by atoms with Crippen LogP contribution >= 0.6 is 0 Å². The van der Waals surface area contributed by atoms with Crippen molar-refractivity contribution in [2.24, 2.45) is 0 Å². The quantitative estimate of drug-likeness (QED) is 0.271. The normalized spacial score (nSPS) is 41.2. The maximum Gasteiger partial charge on any atom is 0.216 e. The predicted octanol–water partition coefficient (Wildman–Crippen LogP) is -3.22. The Kier molecular flexibility index (Phi) is 2.67. The number of ether oxygens (including phenoxy) is 1. The lowest BCUT2D eigenvalue weighted by molar-refractivity contribution is -0.319. The molecule has 1 rings (SSSR count). The van der Waals surface area contributed by atoms with Crippen LogP contribution in [-0.4, -0.2) is 62.8 Å². The van der Waals surface area contributed by atoms with Gasteiger partial charge >= 0.3 is 0 Å². The summed E-state index contributed by atoms with van der Waals surface area (Å²) >= 11 is 0. The number of aliphatic hydroxyl groups is 5. The summed E-state index contributed by atoms with van der Waals surface area (Å²) in [6, 6.07) is 0. The first-order valence-electron chi connectivity index (χ1n) is 3.52. The van der Waals surface area contributed by atoms with Crippen LogP contribution in [0.3, 0.4) is 0 Å². The molecule has 0 aromatic carbocycles. The fourth-order valence-corrected chi connectivity index (χ4v) is 1.05. The van der Waals surface area contributed by atoms with E-state index in [1.165, 1.54) is 0 Å². The third-order valence-corrected chi connectivity index (χ3v) is 1.87. The molecule has 0 aromatic heterocycles. The Morgan fingerprint density at radius 2 is 1.92 bits per heavy atom. The molecule has 0 aromatic rings. The summed E-state index contributed by atoms with van der Waals surface area (Å²) in [4.78, 5) is 0. The van der Waals surface area contributed by atoms with Gasteiger partial charge in [-0.3, -0.25) is 0 Å². The van der Waals surface area contributed by atoms with Gasteiger partial charge in [0.2, 0.25) is 5.79 Å². The molecule has 0 bridgehead atoms. The van der Waals surface area contributed by atoms with Gasteiger partial charge < -0.3 is 30.3 Å². The summed E-state index contributed by atoms with van der Waals surface area (Å²) in [6.45, 7) is -1.01. The molecule has 6 nitrogen and oxygen atoms in total. The fraction of sp³-hybridized carbons (Fsp3) is 1.00. The predicted molar refractivity (Wildman–Crippen MR) is 36.0 cm³/mol. The van der Waals surface area contributed by atoms with Gasteiger partial charge in [0.15, 0.2) is 0 Å². The second kappa shape index (κ2) is 3.25. The monoisotopic (exact) mass is 180 g/mol. The molecule has 12 heavy (non-hydrogen) atoms. The van der Waals surface area contributed by atoms with Gasteiger partial charge in [0.1, 0.15) is 24.9 Å². The van der Waals surface area contributed by atoms with E-state index in [0.717, 1.165) is 0 Å². The third kappa shape index (κ3) is 1.58. The summed E-state index contributed by atoms with van der Waals surface area (Å²) in [7, 11) is 0. The van der Waals surface area contributed by atoms with Crippen LogP contribution in [0.25, 0.3) is 0 Å². The first-order chi connectivity index (χ1) is 5.49. The van der Waals surface area contributed by atoms with Crippen LogP contribution in [0.4, 0.5) is 0 Å². The summed E-state index contributed by atoms with van der Waals surface area (Å²) in [5, 5.41) is 44.7. The molecular formula is C6H12O6. The maximum absolute atomic E-state index is 9.12. The molecule has 6 heteroatoms. The second-order valence-corrected chi connectivity index (χ2v) is 2.85. The molecular weight excluding hydrogens is 168 g/mol. The smallest absolute Gasteiger partial charge is 0.216 e. The molecule has 0 radical (unpaired) electrons. The third-order valence-electron chi connectivity index (χ3n) is 1.87. The standard InChI is InChI=1S/C6H12O6/c7-1-3-4(8)5(9)6(10,11)2-12-3/h3-5,7-11H,1-2H2/t3?,4-,5?/m1/s1. The van der Waals surface area contributed by atoms with Crippen molar-refractivity contribution in [1.82, 2.24) is 0 Å². The van der Waals surface area contributed by atoms with Crippen molar-refractivity contribution in [1.29, 1.82) is 0 Å². The highest BCUT2D eigenvalue weighted by atomic mass is 16.6. The zero-order chi connectivity index (χ0) is 9.35. The molecule has 3 atom stereocenters. The molecule has 1 heterocycles. The molecule has 1 saturated heterocycles. The van der Waals surface area contributed by atoms with Crippen molar-refractivity contribution in [3.63, 3.8) is 0 Å². The van der Waals surface area contributed by atoms with Gasteiger partial charge in [-0.2, -0.15) is 0 Å². The highest BCUT2D eigenvalue weighted by Crippen LogP contribution is 2.21. The number of hydrogen-bond donors (Lipinski definition) is 5. The highest BCUT2D eigenvalue weighted by Gasteiger charge is 2.46. The van der Waals surface area contributed by atoms with Crippen molar-refractivity contribution >= 4 is 0 Å². The second-order valence-electron chi connectivity index (χ2n) is 2.85. The minimum absolute atomic E-state index is 0.478. The minimum Gasteiger partial charge on any atom is -0.394 e. The van der Waals surface area contributed by atoms with Gasteiger partial charge in [-0.15, -0.1) is 0 Å². The summed E-state index contributed by atoms with van der Waals surface area (Å²) < 4.78 is 4.67. The number of rotatable bonds is 1. The van der Waals surface area contributed by atoms with Crippen LogP contribution < -0.4 is 0 Å². The zero-order valence-corrected chi connectivity index (χ0v) is 6.29. The van der Waals surface area contributed by atoms with Crippen molar-refractivity contribution in [3.8, 4) is 0 Å². The number of hydrogen-bond acceptors (Lipinski definition) is 6. The Hall–Kier alpha value is -0.240. The molecule has 1 aliphatic rings. The van der Waals surface area contributed by atoms with Crippen LogP contribution in [0.2, 0.25) is 0 Å². The van der Waals surface area contributed by atoms with E-state index in [1.807, 2.05) is 0 Å². The highest BCUT2D eigenvalue weighted by molar-refractivity contribution is 4.90. The number of aliphatic hydroxyl groups excluding tert-OH is 3. The van der Waals surface area contributed by atoms with E-state index in [-0.39, 0.29) is 0 Å². The van der Waals surface area contributed by atoms with Crippen LogP contribution in [-0.2, 0) is 4.74 Å². The van der Waals surface area contributed by atoms with E-state index in [4.69, 9.17) is 25.5 Å². The average Bonchev–Trinajstić information content (AvgIpc) is 2.01. The molecule has 0 spiro atoms. The van der Waals surface area contributed by atoms with Crippen LogP contribution in [0.5, 0.6) is 0 Å². The van der Waals surface area contributed by atoms with E-state index < -0.39 is 37.3 Å². The molecule has 72 valence electrons. The topological polar surface area (TPSA) is 110 Å². The van der Waals surface area contributed by atoms with Crippen molar-refractivity contribution in [2.45, 2.75) is 24.1 Å². The molecule has 0 saturated carbocycles. The van der Waals surface area contributed by atoms with Gasteiger partial charge in [0, 0.05) is 0 Å². The Labute approximate surface area is 68.6 Å². The zero-order valence-electron chi connectivity index (χ0n) is 6.29. The lowest BCUT2D eigenvalue weighted by Crippen LogP contribution is -2.61. The van der Waals surface area contributed by atoms with E-state index in [2.05, 4.69) is 4.74 Å². The van der Waals surface area contributed by atoms with Crippen molar-refractivity contribution in [2.75, 3.05) is 13.2 Å². The lowest BCUT2D eigenvalue weighted by atomic mass is 9.98. The van der Waals surface area contributed by atoms with Crippen LogP contribution in [0.1, 0.15) is 0 Å². The first kappa shape index (κ1) is 9.85. The molecule has 0 amide bonds. The van der Waals surface area contributed by atoms with E-state index >= 15 is 0 Å². The molecule has 1 fully saturated rings. The van der Waals surface area contributed by atoms with Crippen molar-refractivity contribution < 1.29 is 30.3 Å². The van der Waals surface area contributed by atoms with Crippen LogP contribution in [0, 0.1) is 0 Å². The minimum atomic E-state index is -2.44. The Morgan fingerprint density at radius 1 is 1.33 bits per heavy atom. The summed E-state index contributed by atoms with van der Waals surface area (Å²) in [5.74, 6) is -2.44. The Balaban J connectivity index is 2.65. The molecule has 0 aliphatic carbocycles. The average molecular weight is 180 g/mol. The largest absolute Gasteiger partial charge is 0.394 e. The summed E-state index contributed by atoms with van der Waals surface area (Å²) in [5.41, 5.74) is 0. The lowest BCUT2D eigenvalue weighted by Gasteiger charge is -2.39. The van der Waals surface area contributed by atoms with Gasteiger partial charge in [-0.25, -0.2) is 0 Å². The van der Waals surface area contributed by atoms with E-state index in [9.17, 15) is 0 Å². The van der Waals surface area contributed by atoms with Crippen molar-refractivity contribution in [3.05, 3.63) is 0 Å². The van der Waals surface area contributed by atoms with Gasteiger partial charge in [0.05, 0.1) is 6.61 Å². The maximum atomic E-state index is 9.12. The summed E-state index contributed by atoms with van der Waals surface area (Å²) in [6.07, 6.45) is -4.17. The molecule has 2 unspecified atom stereocenters. The Morgan fingerprint density at radius 3 is 2.42 bits per heavy atom.